The van der Waals surface area contributed by atoms with Gasteiger partial charge < -0.3 is 14.5 Å². The highest BCUT2D eigenvalue weighted by molar-refractivity contribution is 7.89. The Morgan fingerprint density at radius 2 is 2.27 bits per heavy atom. The summed E-state index contributed by atoms with van der Waals surface area (Å²) >= 11 is 0. The summed E-state index contributed by atoms with van der Waals surface area (Å²) in [6.07, 6.45) is 2.05. The van der Waals surface area contributed by atoms with Crippen molar-refractivity contribution in [2.24, 2.45) is 0 Å². The van der Waals surface area contributed by atoms with E-state index in [0.717, 1.165) is 19.4 Å². The van der Waals surface area contributed by atoms with E-state index in [4.69, 9.17) is 4.42 Å². The minimum Gasteiger partial charge on any atom is -0.463 e. The van der Waals surface area contributed by atoms with Gasteiger partial charge in [-0.3, -0.25) is 0 Å². The highest BCUT2D eigenvalue weighted by atomic mass is 32.2. The Morgan fingerprint density at radius 1 is 1.55 bits per heavy atom. The quantitative estimate of drug-likeness (QED) is 0.783. The average molecular weight is 330 g/mol. The number of sulfonamides is 1. The van der Waals surface area contributed by atoms with E-state index in [1.54, 1.807) is 6.92 Å². The molecule has 1 aromatic heterocycles. The number of nitrogens with one attached hydrogen (secondary N) is 2. The van der Waals surface area contributed by atoms with Gasteiger partial charge in [0.15, 0.2) is 0 Å². The van der Waals surface area contributed by atoms with Gasteiger partial charge >= 0.3 is 5.97 Å². The lowest BCUT2D eigenvalue weighted by Crippen LogP contribution is -2.51. The second-order valence-corrected chi connectivity index (χ2v) is 7.04. The van der Waals surface area contributed by atoms with E-state index in [-0.39, 0.29) is 28.5 Å². The number of carbonyl (C=O) groups is 1. The number of furan rings is 1. The molecular weight excluding hydrogens is 308 g/mol. The van der Waals surface area contributed by atoms with Crippen molar-refractivity contribution in [1.82, 2.24) is 10.0 Å². The Kier molecular flexibility index (Phi) is 5.25. The van der Waals surface area contributed by atoms with E-state index < -0.39 is 16.0 Å². The molecule has 124 valence electrons. The first kappa shape index (κ1) is 17.0. The van der Waals surface area contributed by atoms with Gasteiger partial charge in [-0.25, -0.2) is 17.9 Å². The van der Waals surface area contributed by atoms with Crippen LogP contribution in [0.15, 0.2) is 15.4 Å². The topological polar surface area (TPSA) is 97.6 Å². The molecule has 1 aliphatic heterocycles. The van der Waals surface area contributed by atoms with Gasteiger partial charge in [0.25, 0.3) is 0 Å². The lowest BCUT2D eigenvalue weighted by molar-refractivity contribution is 0.0563. The van der Waals surface area contributed by atoms with E-state index in [1.165, 1.54) is 13.2 Å². The van der Waals surface area contributed by atoms with Gasteiger partial charge in [0.2, 0.25) is 15.8 Å². The molecule has 2 rings (SSSR count). The summed E-state index contributed by atoms with van der Waals surface area (Å²) in [5, 5.41) is 3.24. The van der Waals surface area contributed by atoms with Crippen molar-refractivity contribution in [2.45, 2.75) is 50.1 Å². The molecule has 7 nitrogen and oxygen atoms in total. The van der Waals surface area contributed by atoms with Crippen LogP contribution in [0.4, 0.5) is 0 Å². The van der Waals surface area contributed by atoms with Gasteiger partial charge in [-0.15, -0.1) is 0 Å². The molecule has 0 aromatic carbocycles. The van der Waals surface area contributed by atoms with Crippen LogP contribution in [0.2, 0.25) is 0 Å². The monoisotopic (exact) mass is 330 g/mol. The molecule has 1 fully saturated rings. The fourth-order valence-electron chi connectivity index (χ4n) is 2.55. The molecule has 2 heterocycles. The number of hydrogen-bond acceptors (Lipinski definition) is 6. The van der Waals surface area contributed by atoms with E-state index in [1.807, 2.05) is 6.92 Å². The lowest BCUT2D eigenvalue weighted by Gasteiger charge is -2.30. The Morgan fingerprint density at radius 3 is 2.86 bits per heavy atom. The highest BCUT2D eigenvalue weighted by Gasteiger charge is 2.30. The number of rotatable bonds is 5. The number of piperidine rings is 1. The molecule has 1 aliphatic rings. The van der Waals surface area contributed by atoms with Gasteiger partial charge in [0.1, 0.15) is 10.7 Å². The zero-order valence-corrected chi connectivity index (χ0v) is 13.8. The maximum Gasteiger partial charge on any atom is 0.373 e. The molecule has 2 unspecified atom stereocenters. The summed E-state index contributed by atoms with van der Waals surface area (Å²) in [4.78, 5) is 11.5. The van der Waals surface area contributed by atoms with Crippen LogP contribution >= 0.6 is 0 Å². The Balaban J connectivity index is 2.28. The number of methoxy groups -OCH3 is 1. The van der Waals surface area contributed by atoms with Gasteiger partial charge in [-0.05, 0) is 26.3 Å². The summed E-state index contributed by atoms with van der Waals surface area (Å²) in [5.41, 5.74) is 0. The molecule has 0 bridgehead atoms. The summed E-state index contributed by atoms with van der Waals surface area (Å²) in [5.74, 6) is -0.539. The molecule has 2 N–H and O–H groups in total. The molecule has 22 heavy (non-hydrogen) atoms. The van der Waals surface area contributed by atoms with Crippen molar-refractivity contribution in [3.63, 3.8) is 0 Å². The third-order valence-electron chi connectivity index (χ3n) is 3.84. The molecule has 0 saturated carbocycles. The molecular formula is C14H22N2O5S. The van der Waals surface area contributed by atoms with Gasteiger partial charge in [0.05, 0.1) is 7.11 Å². The molecule has 2 atom stereocenters. The first-order valence-corrected chi connectivity index (χ1v) is 8.84. The molecule has 1 aromatic rings. The molecule has 0 amide bonds. The number of aryl methyl sites for hydroxylation is 1. The van der Waals surface area contributed by atoms with E-state index in [2.05, 4.69) is 14.8 Å². The van der Waals surface area contributed by atoms with Crippen LogP contribution in [0.3, 0.4) is 0 Å². The summed E-state index contributed by atoms with van der Waals surface area (Å²) in [7, 11) is -2.53. The average Bonchev–Trinajstić information content (AvgIpc) is 2.94. The van der Waals surface area contributed by atoms with Crippen molar-refractivity contribution in [1.29, 1.82) is 0 Å². The second kappa shape index (κ2) is 6.80. The van der Waals surface area contributed by atoms with Crippen molar-refractivity contribution < 1.29 is 22.4 Å². The predicted octanol–water partition coefficient (Wildman–Crippen LogP) is 1.05. The third-order valence-corrected chi connectivity index (χ3v) is 5.37. The third kappa shape index (κ3) is 3.50. The normalized spacial score (nSPS) is 22.5. The van der Waals surface area contributed by atoms with Gasteiger partial charge in [0, 0.05) is 24.6 Å². The van der Waals surface area contributed by atoms with E-state index in [0.29, 0.717) is 6.42 Å². The fourth-order valence-corrected chi connectivity index (χ4v) is 4.15. The Hall–Kier alpha value is -1.38. The molecule has 1 saturated heterocycles. The molecule has 0 aliphatic carbocycles. The molecule has 8 heteroatoms. The lowest BCUT2D eigenvalue weighted by atomic mass is 10.0. The van der Waals surface area contributed by atoms with Crippen LogP contribution in [-0.4, -0.2) is 40.1 Å². The van der Waals surface area contributed by atoms with E-state index >= 15 is 0 Å². The minimum absolute atomic E-state index is 0.00757. The maximum atomic E-state index is 12.6. The summed E-state index contributed by atoms with van der Waals surface area (Å²) in [6, 6.07) is 1.11. The maximum absolute atomic E-state index is 12.6. The van der Waals surface area contributed by atoms with Crippen LogP contribution in [-0.2, 0) is 21.2 Å². The number of esters is 1. The number of hydrogen-bond donors (Lipinski definition) is 2. The largest absolute Gasteiger partial charge is 0.463 e. The fraction of sp³-hybridized carbons (Fsp3) is 0.643. The van der Waals surface area contributed by atoms with Crippen LogP contribution in [0.25, 0.3) is 0 Å². The standard InChI is InChI=1S/C14H22N2O5S/c1-4-11-13(8-12(21-11)14(17)20-3)22(18,19)16-10-6-5-7-15-9(10)2/h8-10,15-16H,4-7H2,1-3H3. The van der Waals surface area contributed by atoms with Crippen molar-refractivity contribution >= 4 is 16.0 Å². The van der Waals surface area contributed by atoms with Crippen LogP contribution in [0, 0.1) is 0 Å². The van der Waals surface area contributed by atoms with Crippen LogP contribution < -0.4 is 10.0 Å². The van der Waals surface area contributed by atoms with Crippen molar-refractivity contribution in [2.75, 3.05) is 13.7 Å². The first-order chi connectivity index (χ1) is 10.4. The first-order valence-electron chi connectivity index (χ1n) is 7.35. The van der Waals surface area contributed by atoms with Gasteiger partial charge in [-0.1, -0.05) is 6.92 Å². The Bertz CT molecular complexity index is 638. The zero-order valence-electron chi connectivity index (χ0n) is 13.0. The smallest absolute Gasteiger partial charge is 0.373 e. The van der Waals surface area contributed by atoms with Crippen LogP contribution in [0.5, 0.6) is 0 Å². The molecule has 0 spiro atoms. The second-order valence-electron chi connectivity index (χ2n) is 5.36. The molecule has 0 radical (unpaired) electrons. The highest BCUT2D eigenvalue weighted by Crippen LogP contribution is 2.23. The Labute approximate surface area is 130 Å². The van der Waals surface area contributed by atoms with E-state index in [9.17, 15) is 13.2 Å². The van der Waals surface area contributed by atoms with Crippen LogP contribution in [0.1, 0.15) is 43.0 Å². The summed E-state index contributed by atoms with van der Waals surface area (Å²) in [6.45, 7) is 4.60. The SMILES string of the molecule is CCc1oc(C(=O)OC)cc1S(=O)(=O)NC1CCCNC1C. The predicted molar refractivity (Wildman–Crippen MR) is 80.2 cm³/mol. The zero-order chi connectivity index (χ0) is 16.3. The van der Waals surface area contributed by atoms with Crippen molar-refractivity contribution in [3.05, 3.63) is 17.6 Å². The van der Waals surface area contributed by atoms with Crippen molar-refractivity contribution in [3.8, 4) is 0 Å². The number of carbonyl (C=O) groups excluding carboxylic acids is 1. The summed E-state index contributed by atoms with van der Waals surface area (Å²) < 4.78 is 37.8. The minimum atomic E-state index is -3.75. The van der Waals surface area contributed by atoms with Gasteiger partial charge in [-0.2, -0.15) is 0 Å². The number of ether oxygens (including phenoxy) is 1.